The highest BCUT2D eigenvalue weighted by Crippen LogP contribution is 2.60. The minimum Gasteiger partial charge on any atom is -0.342 e. The van der Waals surface area contributed by atoms with E-state index in [-0.39, 0.29) is 0 Å². The average Bonchev–Trinajstić information content (AvgIpc) is 3.03. The topological polar surface area (TPSA) is 28.7 Å². The fourth-order valence-corrected chi connectivity index (χ4v) is 6.73. The van der Waals surface area contributed by atoms with Crippen LogP contribution in [0, 0.1) is 17.8 Å². The maximum Gasteiger partial charge on any atom is 0.111 e. The first-order valence-electron chi connectivity index (χ1n) is 10.3. The molecule has 4 fully saturated rings. The largest absolute Gasteiger partial charge is 0.342 e. The summed E-state index contributed by atoms with van der Waals surface area (Å²) in [5.74, 6) is 4.06. The van der Waals surface area contributed by atoms with Crippen LogP contribution >= 0.6 is 0 Å². The first-order chi connectivity index (χ1) is 12.8. The summed E-state index contributed by atoms with van der Waals surface area (Å²) in [4.78, 5) is 8.45. The molecule has 3 aromatic rings. The monoisotopic (exact) mass is 342 g/mol. The summed E-state index contributed by atoms with van der Waals surface area (Å²) in [5, 5.41) is 0. The van der Waals surface area contributed by atoms with Crippen LogP contribution in [0.3, 0.4) is 0 Å². The zero-order valence-corrected chi connectivity index (χ0v) is 15.2. The normalized spacial score (nSPS) is 32.4. The minimum absolute atomic E-state index is 0.466. The van der Waals surface area contributed by atoms with Gasteiger partial charge in [-0.2, -0.15) is 0 Å². The van der Waals surface area contributed by atoms with Gasteiger partial charge in [0, 0.05) is 6.42 Å². The molecule has 1 N–H and O–H groups in total. The molecule has 4 aliphatic carbocycles. The predicted molar refractivity (Wildman–Crippen MR) is 105 cm³/mol. The lowest BCUT2D eigenvalue weighted by atomic mass is 9.48. The number of hydrogen-bond donors (Lipinski definition) is 1. The first kappa shape index (κ1) is 15.0. The highest BCUT2D eigenvalue weighted by Gasteiger charge is 2.51. The highest BCUT2D eigenvalue weighted by molar-refractivity contribution is 5.76. The van der Waals surface area contributed by atoms with Crippen LogP contribution < -0.4 is 0 Å². The Morgan fingerprint density at radius 2 is 1.58 bits per heavy atom. The Morgan fingerprint density at radius 3 is 2.27 bits per heavy atom. The Hall–Kier alpha value is -2.09. The van der Waals surface area contributed by atoms with Gasteiger partial charge in [0.1, 0.15) is 5.82 Å². The third kappa shape index (κ3) is 2.35. The van der Waals surface area contributed by atoms with Crippen molar-refractivity contribution in [1.29, 1.82) is 0 Å². The van der Waals surface area contributed by atoms with Crippen LogP contribution in [-0.2, 0) is 11.8 Å². The number of aromatic nitrogens is 2. The smallest absolute Gasteiger partial charge is 0.111 e. The molecule has 7 rings (SSSR count). The lowest BCUT2D eigenvalue weighted by Crippen LogP contribution is -2.48. The van der Waals surface area contributed by atoms with Gasteiger partial charge in [0.05, 0.1) is 11.0 Å². The standard InChI is InChI=1S/C24H26N2/c1-2-4-16(5-3-1)11-23-25-21-7-6-20(12-22(21)26-23)24-13-17-8-18(14-24)10-19(9-17)15-24/h1-7,12,17-19H,8-11,13-15H2,(H,25,26). The van der Waals surface area contributed by atoms with Crippen LogP contribution in [0.2, 0.25) is 0 Å². The second-order valence-electron chi connectivity index (χ2n) is 9.28. The van der Waals surface area contributed by atoms with Gasteiger partial charge in [-0.05, 0) is 85.0 Å². The fraction of sp³-hybridized carbons (Fsp3) is 0.458. The molecular weight excluding hydrogens is 316 g/mol. The average molecular weight is 342 g/mol. The summed E-state index contributed by atoms with van der Waals surface area (Å²) < 4.78 is 0. The number of H-pyrrole nitrogens is 1. The van der Waals surface area contributed by atoms with Crippen LogP contribution in [0.1, 0.15) is 55.5 Å². The molecule has 4 saturated carbocycles. The molecule has 0 saturated heterocycles. The van der Waals surface area contributed by atoms with Gasteiger partial charge in [0.2, 0.25) is 0 Å². The maximum absolute atomic E-state index is 4.84. The SMILES string of the molecule is c1ccc(Cc2nc3ccc(C45CC6CC(CC(C6)C4)C5)cc3[nH]2)cc1. The Kier molecular flexibility index (Phi) is 3.15. The van der Waals surface area contributed by atoms with E-state index in [1.165, 1.54) is 49.6 Å². The molecule has 4 aliphatic rings. The van der Waals surface area contributed by atoms with Gasteiger partial charge < -0.3 is 4.98 Å². The van der Waals surface area contributed by atoms with Crippen LogP contribution in [-0.4, -0.2) is 9.97 Å². The van der Waals surface area contributed by atoms with Crippen LogP contribution in [0.15, 0.2) is 48.5 Å². The number of benzene rings is 2. The Balaban J connectivity index is 1.35. The van der Waals surface area contributed by atoms with Gasteiger partial charge in [-0.25, -0.2) is 4.98 Å². The number of nitrogens with zero attached hydrogens (tertiary/aromatic N) is 1. The number of nitrogens with one attached hydrogen (secondary N) is 1. The molecule has 0 aliphatic heterocycles. The maximum atomic E-state index is 4.84. The molecule has 0 spiro atoms. The van der Waals surface area contributed by atoms with Gasteiger partial charge in [-0.15, -0.1) is 0 Å². The van der Waals surface area contributed by atoms with E-state index in [1.54, 1.807) is 5.56 Å². The summed E-state index contributed by atoms with van der Waals surface area (Å²) in [6.45, 7) is 0. The van der Waals surface area contributed by atoms with Crippen molar-refractivity contribution in [3.63, 3.8) is 0 Å². The van der Waals surface area contributed by atoms with E-state index >= 15 is 0 Å². The summed E-state index contributed by atoms with van der Waals surface area (Å²) in [6, 6.07) is 17.7. The number of aromatic amines is 1. The van der Waals surface area contributed by atoms with E-state index < -0.39 is 0 Å². The second-order valence-corrected chi connectivity index (χ2v) is 9.28. The molecule has 1 aromatic heterocycles. The van der Waals surface area contributed by atoms with Crippen molar-refractivity contribution >= 4 is 11.0 Å². The molecule has 0 unspecified atom stereocenters. The van der Waals surface area contributed by atoms with E-state index in [9.17, 15) is 0 Å². The van der Waals surface area contributed by atoms with E-state index in [4.69, 9.17) is 4.98 Å². The third-order valence-electron chi connectivity index (χ3n) is 7.40. The molecule has 4 bridgehead atoms. The van der Waals surface area contributed by atoms with Crippen molar-refractivity contribution in [2.45, 2.75) is 50.4 Å². The van der Waals surface area contributed by atoms with Crippen LogP contribution in [0.5, 0.6) is 0 Å². The van der Waals surface area contributed by atoms with Crippen molar-refractivity contribution in [3.8, 4) is 0 Å². The molecule has 26 heavy (non-hydrogen) atoms. The van der Waals surface area contributed by atoms with Gasteiger partial charge in [-0.3, -0.25) is 0 Å². The molecule has 1 heterocycles. The Morgan fingerprint density at radius 1 is 0.885 bits per heavy atom. The minimum atomic E-state index is 0.466. The molecular formula is C24H26N2. The van der Waals surface area contributed by atoms with Crippen LogP contribution in [0.25, 0.3) is 11.0 Å². The Bertz CT molecular complexity index is 917. The van der Waals surface area contributed by atoms with Gasteiger partial charge in [0.25, 0.3) is 0 Å². The van der Waals surface area contributed by atoms with E-state index in [1.807, 2.05) is 0 Å². The van der Waals surface area contributed by atoms with E-state index in [0.717, 1.165) is 35.5 Å². The van der Waals surface area contributed by atoms with Crippen molar-refractivity contribution in [3.05, 3.63) is 65.5 Å². The lowest BCUT2D eigenvalue weighted by Gasteiger charge is -2.57. The van der Waals surface area contributed by atoms with Crippen molar-refractivity contribution in [2.24, 2.45) is 17.8 Å². The predicted octanol–water partition coefficient (Wildman–Crippen LogP) is 5.62. The quantitative estimate of drug-likeness (QED) is 0.657. The molecule has 0 amide bonds. The van der Waals surface area contributed by atoms with Crippen molar-refractivity contribution in [2.75, 3.05) is 0 Å². The van der Waals surface area contributed by atoms with E-state index in [0.29, 0.717) is 5.41 Å². The fourth-order valence-electron chi connectivity index (χ4n) is 6.73. The number of rotatable bonds is 3. The molecule has 132 valence electrons. The molecule has 2 nitrogen and oxygen atoms in total. The molecule has 2 aromatic carbocycles. The zero-order valence-electron chi connectivity index (χ0n) is 15.2. The number of fused-ring (bicyclic) bond motifs is 1. The van der Waals surface area contributed by atoms with Gasteiger partial charge in [0.15, 0.2) is 0 Å². The van der Waals surface area contributed by atoms with Crippen molar-refractivity contribution < 1.29 is 0 Å². The van der Waals surface area contributed by atoms with Gasteiger partial charge in [-0.1, -0.05) is 36.4 Å². The zero-order chi connectivity index (χ0) is 17.1. The summed E-state index contributed by atoms with van der Waals surface area (Å²) in [5.41, 5.74) is 5.70. The lowest BCUT2D eigenvalue weighted by molar-refractivity contribution is -0.00513. The second kappa shape index (κ2) is 5.45. The van der Waals surface area contributed by atoms with Crippen LogP contribution in [0.4, 0.5) is 0 Å². The summed E-state index contributed by atoms with van der Waals surface area (Å²) in [7, 11) is 0. The highest BCUT2D eigenvalue weighted by atomic mass is 14.9. The van der Waals surface area contributed by atoms with Crippen molar-refractivity contribution in [1.82, 2.24) is 9.97 Å². The molecule has 0 atom stereocenters. The van der Waals surface area contributed by atoms with E-state index in [2.05, 4.69) is 53.5 Å². The van der Waals surface area contributed by atoms with Gasteiger partial charge >= 0.3 is 0 Å². The number of imidazole rings is 1. The first-order valence-corrected chi connectivity index (χ1v) is 10.3. The Labute approximate surface area is 155 Å². The number of hydrogen-bond acceptors (Lipinski definition) is 1. The molecule has 0 radical (unpaired) electrons. The third-order valence-corrected chi connectivity index (χ3v) is 7.40. The summed E-state index contributed by atoms with van der Waals surface area (Å²) >= 11 is 0. The molecule has 2 heteroatoms. The summed E-state index contributed by atoms with van der Waals surface area (Å²) in [6.07, 6.45) is 9.68.